The van der Waals surface area contributed by atoms with Gasteiger partial charge in [-0.1, -0.05) is 6.42 Å². The van der Waals surface area contributed by atoms with E-state index in [1.54, 1.807) is 0 Å². The molecule has 1 saturated carbocycles. The molecule has 0 heterocycles. The molecule has 2 atom stereocenters. The number of aliphatic hydroxyl groups excluding tert-OH is 1. The van der Waals surface area contributed by atoms with Gasteiger partial charge in [0.25, 0.3) is 0 Å². The number of aliphatic hydroxyl groups is 1. The second kappa shape index (κ2) is 7.21. The highest BCUT2D eigenvalue weighted by Gasteiger charge is 2.43. The van der Waals surface area contributed by atoms with Gasteiger partial charge < -0.3 is 10.2 Å². The molecule has 1 fully saturated rings. The first-order chi connectivity index (χ1) is 8.91. The predicted octanol–water partition coefficient (Wildman–Crippen LogP) is 0.664. The minimum absolute atomic E-state index is 0.111. The number of nitrogens with zero attached hydrogens (tertiary/aromatic N) is 1. The van der Waals surface area contributed by atoms with Crippen LogP contribution < -0.4 is 0 Å². The first kappa shape index (κ1) is 16.4. The number of rotatable bonds is 8. The summed E-state index contributed by atoms with van der Waals surface area (Å²) in [5, 5.41) is 16.9. The quantitative estimate of drug-likeness (QED) is 0.641. The molecule has 0 bridgehead atoms. The van der Waals surface area contributed by atoms with E-state index in [2.05, 4.69) is 0 Å². The van der Waals surface area contributed by atoms with Crippen molar-refractivity contribution in [2.45, 2.75) is 43.8 Å². The molecule has 1 rings (SSSR count). The molecule has 0 saturated heterocycles. The Balaban J connectivity index is 2.61. The maximum Gasteiger partial charge on any atom is 0.307 e. The summed E-state index contributed by atoms with van der Waals surface area (Å²) >= 11 is 0. The summed E-state index contributed by atoms with van der Waals surface area (Å²) in [6.45, 7) is 0.491. The number of carbonyl (C=O) groups is 1. The summed E-state index contributed by atoms with van der Waals surface area (Å²) in [6, 6.07) is 0. The predicted molar refractivity (Wildman–Crippen MR) is 71.3 cm³/mol. The van der Waals surface area contributed by atoms with Crippen LogP contribution in [0.5, 0.6) is 0 Å². The zero-order chi connectivity index (χ0) is 14.5. The molecule has 2 N–H and O–H groups in total. The van der Waals surface area contributed by atoms with Crippen LogP contribution >= 0.6 is 0 Å². The van der Waals surface area contributed by atoms with Crippen molar-refractivity contribution in [1.82, 2.24) is 4.31 Å². The van der Waals surface area contributed by atoms with Crippen LogP contribution in [0.25, 0.3) is 0 Å². The largest absolute Gasteiger partial charge is 0.481 e. The Hall–Kier alpha value is -0.660. The van der Waals surface area contributed by atoms with Crippen molar-refractivity contribution in [3.8, 4) is 0 Å². The Morgan fingerprint density at radius 2 is 1.95 bits per heavy atom. The number of hydrogen-bond acceptors (Lipinski definition) is 4. The van der Waals surface area contributed by atoms with Gasteiger partial charge in [-0.2, -0.15) is 0 Å². The summed E-state index contributed by atoms with van der Waals surface area (Å²) in [7, 11) is -2.02. The molecule has 2 unspecified atom stereocenters. The Bertz CT molecular complexity index is 395. The van der Waals surface area contributed by atoms with Crippen molar-refractivity contribution < 1.29 is 23.4 Å². The van der Waals surface area contributed by atoms with E-state index in [1.165, 1.54) is 11.4 Å². The molecule has 1 aliphatic carbocycles. The van der Waals surface area contributed by atoms with Crippen LogP contribution in [-0.4, -0.2) is 54.4 Å². The van der Waals surface area contributed by atoms with Crippen LogP contribution in [0.3, 0.4) is 0 Å². The molecule has 7 heteroatoms. The van der Waals surface area contributed by atoms with Gasteiger partial charge in [-0.25, -0.2) is 12.7 Å². The highest BCUT2D eigenvalue weighted by molar-refractivity contribution is 7.89. The standard InChI is InChI=1S/C12H23NO5S/c1-13(8-3-2-4-9-14)19(17,18)11-7-5-6-10(11)12(15)16/h10-11,14H,2-9H2,1H3,(H,15,16). The number of sulfonamides is 1. The molecule has 0 radical (unpaired) electrons. The van der Waals surface area contributed by atoms with Crippen molar-refractivity contribution in [1.29, 1.82) is 0 Å². The van der Waals surface area contributed by atoms with Gasteiger partial charge in [0.15, 0.2) is 0 Å². The summed E-state index contributed by atoms with van der Waals surface area (Å²) in [5.74, 6) is -1.79. The van der Waals surface area contributed by atoms with Crippen molar-refractivity contribution in [3.63, 3.8) is 0 Å². The molecule has 1 aliphatic rings. The fourth-order valence-electron chi connectivity index (χ4n) is 2.55. The molecule has 0 amide bonds. The average molecular weight is 293 g/mol. The van der Waals surface area contributed by atoms with Crippen molar-refractivity contribution in [2.75, 3.05) is 20.2 Å². The highest BCUT2D eigenvalue weighted by atomic mass is 32.2. The molecule has 0 aromatic rings. The summed E-state index contributed by atoms with van der Waals surface area (Å²) in [6.07, 6.45) is 3.64. The normalized spacial score (nSPS) is 23.9. The van der Waals surface area contributed by atoms with E-state index in [1.807, 2.05) is 0 Å². The van der Waals surface area contributed by atoms with E-state index in [9.17, 15) is 13.2 Å². The fraction of sp³-hybridized carbons (Fsp3) is 0.917. The fourth-order valence-corrected chi connectivity index (χ4v) is 4.52. The lowest BCUT2D eigenvalue weighted by Gasteiger charge is -2.24. The van der Waals surface area contributed by atoms with Crippen LogP contribution in [0.2, 0.25) is 0 Å². The van der Waals surface area contributed by atoms with Crippen LogP contribution in [0.4, 0.5) is 0 Å². The van der Waals surface area contributed by atoms with Gasteiger partial charge >= 0.3 is 5.97 Å². The first-order valence-corrected chi connectivity index (χ1v) is 8.20. The van der Waals surface area contributed by atoms with Gasteiger partial charge in [0.05, 0.1) is 11.2 Å². The number of hydrogen-bond donors (Lipinski definition) is 2. The molecule has 0 spiro atoms. The second-order valence-electron chi connectivity index (χ2n) is 5.06. The van der Waals surface area contributed by atoms with E-state index in [0.29, 0.717) is 38.6 Å². The van der Waals surface area contributed by atoms with Gasteiger partial charge in [0.1, 0.15) is 0 Å². The van der Waals surface area contributed by atoms with Crippen LogP contribution in [0.15, 0.2) is 0 Å². The van der Waals surface area contributed by atoms with Gasteiger partial charge in [-0.3, -0.25) is 4.79 Å². The molecule has 6 nitrogen and oxygen atoms in total. The van der Waals surface area contributed by atoms with Gasteiger partial charge in [-0.15, -0.1) is 0 Å². The van der Waals surface area contributed by atoms with E-state index in [0.717, 1.165) is 6.42 Å². The summed E-state index contributed by atoms with van der Waals surface area (Å²) in [4.78, 5) is 11.1. The molecular formula is C12H23NO5S. The third-order valence-corrected chi connectivity index (χ3v) is 6.10. The SMILES string of the molecule is CN(CCCCCO)S(=O)(=O)C1CCCC1C(=O)O. The number of unbranched alkanes of at least 4 members (excludes halogenated alkanes) is 2. The first-order valence-electron chi connectivity index (χ1n) is 6.70. The second-order valence-corrected chi connectivity index (χ2v) is 7.32. The Kier molecular flexibility index (Phi) is 6.22. The van der Waals surface area contributed by atoms with Crippen molar-refractivity contribution in [3.05, 3.63) is 0 Å². The molecule has 0 aromatic carbocycles. The Labute approximate surface area is 114 Å². The molecule has 19 heavy (non-hydrogen) atoms. The summed E-state index contributed by atoms with van der Waals surface area (Å²) in [5.41, 5.74) is 0. The van der Waals surface area contributed by atoms with Crippen LogP contribution in [0.1, 0.15) is 38.5 Å². The minimum Gasteiger partial charge on any atom is -0.481 e. The third kappa shape index (κ3) is 4.15. The molecule has 0 aliphatic heterocycles. The zero-order valence-electron chi connectivity index (χ0n) is 11.3. The highest BCUT2D eigenvalue weighted by Crippen LogP contribution is 2.32. The van der Waals surface area contributed by atoms with E-state index in [-0.39, 0.29) is 6.61 Å². The smallest absolute Gasteiger partial charge is 0.307 e. The Morgan fingerprint density at radius 3 is 2.53 bits per heavy atom. The Morgan fingerprint density at radius 1 is 1.26 bits per heavy atom. The third-order valence-electron chi connectivity index (χ3n) is 3.72. The van der Waals surface area contributed by atoms with E-state index < -0.39 is 27.2 Å². The molecule has 0 aromatic heterocycles. The lowest BCUT2D eigenvalue weighted by atomic mass is 10.1. The maximum absolute atomic E-state index is 12.3. The zero-order valence-corrected chi connectivity index (χ0v) is 12.1. The van der Waals surface area contributed by atoms with Crippen molar-refractivity contribution >= 4 is 16.0 Å². The number of carboxylic acids is 1. The maximum atomic E-state index is 12.3. The summed E-state index contributed by atoms with van der Waals surface area (Å²) < 4.78 is 25.9. The van der Waals surface area contributed by atoms with Crippen LogP contribution in [0, 0.1) is 5.92 Å². The van der Waals surface area contributed by atoms with E-state index >= 15 is 0 Å². The average Bonchev–Trinajstić information content (AvgIpc) is 2.84. The molecular weight excluding hydrogens is 270 g/mol. The number of aliphatic carboxylic acids is 1. The van der Waals surface area contributed by atoms with Gasteiger partial charge in [-0.05, 0) is 32.1 Å². The van der Waals surface area contributed by atoms with Gasteiger partial charge in [0.2, 0.25) is 10.0 Å². The molecule has 112 valence electrons. The minimum atomic E-state index is -3.53. The lowest BCUT2D eigenvalue weighted by Crippen LogP contribution is -2.40. The van der Waals surface area contributed by atoms with Crippen LogP contribution in [-0.2, 0) is 14.8 Å². The lowest BCUT2D eigenvalue weighted by molar-refractivity contribution is -0.141. The van der Waals surface area contributed by atoms with Gasteiger partial charge in [0, 0.05) is 20.2 Å². The topological polar surface area (TPSA) is 94.9 Å². The monoisotopic (exact) mass is 293 g/mol. The van der Waals surface area contributed by atoms with Crippen molar-refractivity contribution in [2.24, 2.45) is 5.92 Å². The van der Waals surface area contributed by atoms with E-state index in [4.69, 9.17) is 10.2 Å². The number of carboxylic acid groups (broad SMARTS) is 1.